The van der Waals surface area contributed by atoms with Crippen LogP contribution >= 0.6 is 11.3 Å². The standard InChI is InChI=1S/C15H7F4N5S/c16-10-5-4-8(15(17,18)19)7-9(10)13-23-24-12(21-22-14(24)25-13)11-3-1-2-6-20-11/h1-7H. The quantitative estimate of drug-likeness (QED) is 0.503. The first-order chi connectivity index (χ1) is 11.9. The van der Waals surface area contributed by atoms with Gasteiger partial charge in [-0.1, -0.05) is 17.4 Å². The van der Waals surface area contributed by atoms with Crippen molar-refractivity contribution in [2.24, 2.45) is 0 Å². The average Bonchev–Trinajstić information content (AvgIpc) is 3.15. The van der Waals surface area contributed by atoms with Crippen LogP contribution in [0.2, 0.25) is 0 Å². The number of pyridine rings is 1. The van der Waals surface area contributed by atoms with E-state index in [0.717, 1.165) is 23.5 Å². The summed E-state index contributed by atoms with van der Waals surface area (Å²) in [5.41, 5.74) is -0.687. The third kappa shape index (κ3) is 2.74. The second kappa shape index (κ2) is 5.59. The average molecular weight is 365 g/mol. The lowest BCUT2D eigenvalue weighted by molar-refractivity contribution is -0.137. The van der Waals surface area contributed by atoms with Crippen LogP contribution in [-0.4, -0.2) is 24.8 Å². The Hall–Kier alpha value is -2.88. The molecule has 4 aromatic rings. The molecule has 0 aliphatic heterocycles. The molecule has 0 aliphatic rings. The van der Waals surface area contributed by atoms with E-state index in [9.17, 15) is 17.6 Å². The molecule has 25 heavy (non-hydrogen) atoms. The van der Waals surface area contributed by atoms with Gasteiger partial charge in [-0.05, 0) is 30.3 Å². The Balaban J connectivity index is 1.85. The van der Waals surface area contributed by atoms with Crippen molar-refractivity contribution in [1.82, 2.24) is 24.8 Å². The van der Waals surface area contributed by atoms with Gasteiger partial charge in [0.25, 0.3) is 0 Å². The molecule has 0 spiro atoms. The summed E-state index contributed by atoms with van der Waals surface area (Å²) >= 11 is 0.942. The van der Waals surface area contributed by atoms with Crippen LogP contribution in [0.5, 0.6) is 0 Å². The predicted molar refractivity (Wildman–Crippen MR) is 82.3 cm³/mol. The largest absolute Gasteiger partial charge is 0.416 e. The van der Waals surface area contributed by atoms with Gasteiger partial charge in [0.15, 0.2) is 5.01 Å². The summed E-state index contributed by atoms with van der Waals surface area (Å²) in [4.78, 5) is 4.46. The fraction of sp³-hybridized carbons (Fsp3) is 0.0667. The molecule has 126 valence electrons. The zero-order valence-electron chi connectivity index (χ0n) is 12.2. The number of rotatable bonds is 2. The van der Waals surface area contributed by atoms with E-state index in [1.54, 1.807) is 24.4 Å². The maximum absolute atomic E-state index is 14.0. The maximum Gasteiger partial charge on any atom is 0.416 e. The SMILES string of the molecule is Fc1ccc(C(F)(F)F)cc1-c1nn2c(-c3ccccn3)nnc2s1. The van der Waals surface area contributed by atoms with Crippen molar-refractivity contribution in [2.45, 2.75) is 6.18 Å². The van der Waals surface area contributed by atoms with Crippen molar-refractivity contribution < 1.29 is 17.6 Å². The molecule has 5 nitrogen and oxygen atoms in total. The number of hydrogen-bond acceptors (Lipinski definition) is 5. The van der Waals surface area contributed by atoms with E-state index in [1.165, 1.54) is 4.52 Å². The zero-order valence-corrected chi connectivity index (χ0v) is 13.0. The molecule has 3 aromatic heterocycles. The highest BCUT2D eigenvalue weighted by atomic mass is 32.1. The summed E-state index contributed by atoms with van der Waals surface area (Å²) in [5, 5.41) is 12.1. The molecular formula is C15H7F4N5S. The molecule has 0 saturated carbocycles. The topological polar surface area (TPSA) is 56.0 Å². The van der Waals surface area contributed by atoms with E-state index >= 15 is 0 Å². The Morgan fingerprint density at radius 2 is 1.88 bits per heavy atom. The lowest BCUT2D eigenvalue weighted by atomic mass is 10.1. The third-order valence-corrected chi connectivity index (χ3v) is 4.34. The normalized spacial score (nSPS) is 12.0. The summed E-state index contributed by atoms with van der Waals surface area (Å²) in [6, 6.07) is 7.38. The second-order valence-electron chi connectivity index (χ2n) is 5.03. The number of nitrogens with zero attached hydrogens (tertiary/aromatic N) is 5. The molecule has 0 atom stereocenters. The fourth-order valence-corrected chi connectivity index (χ4v) is 3.10. The van der Waals surface area contributed by atoms with Gasteiger partial charge in [-0.3, -0.25) is 4.98 Å². The molecule has 3 heterocycles. The Labute approximate surface area is 141 Å². The van der Waals surface area contributed by atoms with Crippen LogP contribution in [0.3, 0.4) is 0 Å². The van der Waals surface area contributed by atoms with Gasteiger partial charge in [-0.2, -0.15) is 22.8 Å². The summed E-state index contributed by atoms with van der Waals surface area (Å²) in [7, 11) is 0. The smallest absolute Gasteiger partial charge is 0.253 e. The maximum atomic E-state index is 14.0. The fourth-order valence-electron chi connectivity index (χ4n) is 2.25. The molecular weight excluding hydrogens is 358 g/mol. The number of benzene rings is 1. The summed E-state index contributed by atoms with van der Waals surface area (Å²) in [6.45, 7) is 0. The van der Waals surface area contributed by atoms with Crippen LogP contribution in [0.25, 0.3) is 27.1 Å². The van der Waals surface area contributed by atoms with Crippen molar-refractivity contribution in [3.63, 3.8) is 0 Å². The summed E-state index contributed by atoms with van der Waals surface area (Å²) in [5.74, 6) is -0.470. The van der Waals surface area contributed by atoms with Gasteiger partial charge < -0.3 is 0 Å². The Morgan fingerprint density at radius 1 is 1.04 bits per heavy atom. The van der Waals surface area contributed by atoms with Gasteiger partial charge in [0.2, 0.25) is 10.8 Å². The number of halogens is 4. The van der Waals surface area contributed by atoms with Gasteiger partial charge in [0, 0.05) is 11.8 Å². The molecule has 0 unspecified atom stereocenters. The molecule has 0 bridgehead atoms. The first-order valence-corrected chi connectivity index (χ1v) is 7.76. The first-order valence-electron chi connectivity index (χ1n) is 6.94. The van der Waals surface area contributed by atoms with Gasteiger partial charge in [-0.25, -0.2) is 4.39 Å². The van der Waals surface area contributed by atoms with Crippen LogP contribution in [0.4, 0.5) is 17.6 Å². The molecule has 10 heteroatoms. The van der Waals surface area contributed by atoms with Crippen molar-refractivity contribution in [1.29, 1.82) is 0 Å². The highest BCUT2D eigenvalue weighted by molar-refractivity contribution is 7.19. The Morgan fingerprint density at radius 3 is 2.60 bits per heavy atom. The van der Waals surface area contributed by atoms with E-state index in [1.807, 2.05) is 0 Å². The van der Waals surface area contributed by atoms with Gasteiger partial charge in [0.05, 0.1) is 5.56 Å². The molecule has 1 aromatic carbocycles. The van der Waals surface area contributed by atoms with Crippen LogP contribution in [-0.2, 0) is 6.18 Å². The minimum atomic E-state index is -4.57. The molecule has 0 N–H and O–H groups in total. The highest BCUT2D eigenvalue weighted by Gasteiger charge is 2.31. The molecule has 4 rings (SSSR count). The van der Waals surface area contributed by atoms with Gasteiger partial charge in [-0.15, -0.1) is 10.2 Å². The van der Waals surface area contributed by atoms with Crippen molar-refractivity contribution >= 4 is 16.3 Å². The van der Waals surface area contributed by atoms with E-state index < -0.39 is 17.6 Å². The number of aromatic nitrogens is 5. The second-order valence-corrected chi connectivity index (χ2v) is 5.99. The van der Waals surface area contributed by atoms with Crippen LogP contribution in [0, 0.1) is 5.82 Å². The van der Waals surface area contributed by atoms with Crippen molar-refractivity contribution in [3.8, 4) is 22.1 Å². The lowest BCUT2D eigenvalue weighted by Gasteiger charge is -2.08. The number of fused-ring (bicyclic) bond motifs is 1. The molecule has 0 fully saturated rings. The van der Waals surface area contributed by atoms with Crippen LogP contribution in [0.1, 0.15) is 5.56 Å². The third-order valence-electron chi connectivity index (χ3n) is 3.41. The summed E-state index contributed by atoms with van der Waals surface area (Å²) < 4.78 is 54.0. The molecule has 0 aliphatic carbocycles. The van der Waals surface area contributed by atoms with E-state index in [0.29, 0.717) is 22.5 Å². The number of alkyl halides is 3. The molecule has 0 saturated heterocycles. The first kappa shape index (κ1) is 15.6. The molecule has 0 amide bonds. The van der Waals surface area contributed by atoms with Gasteiger partial charge >= 0.3 is 6.18 Å². The van der Waals surface area contributed by atoms with E-state index in [4.69, 9.17) is 0 Å². The van der Waals surface area contributed by atoms with E-state index in [2.05, 4.69) is 20.3 Å². The van der Waals surface area contributed by atoms with Gasteiger partial charge in [0.1, 0.15) is 11.5 Å². The monoisotopic (exact) mass is 365 g/mol. The van der Waals surface area contributed by atoms with E-state index in [-0.39, 0.29) is 10.6 Å². The predicted octanol–water partition coefficient (Wildman–Crippen LogP) is 4.07. The highest BCUT2D eigenvalue weighted by Crippen LogP contribution is 2.35. The van der Waals surface area contributed by atoms with Crippen LogP contribution < -0.4 is 0 Å². The number of hydrogen-bond donors (Lipinski definition) is 0. The minimum absolute atomic E-state index is 0.0747. The zero-order chi connectivity index (χ0) is 17.6. The van der Waals surface area contributed by atoms with Crippen LogP contribution in [0.15, 0.2) is 42.6 Å². The van der Waals surface area contributed by atoms with Crippen molar-refractivity contribution in [2.75, 3.05) is 0 Å². The van der Waals surface area contributed by atoms with Crippen molar-refractivity contribution in [3.05, 3.63) is 54.0 Å². The molecule has 0 radical (unpaired) electrons. The minimum Gasteiger partial charge on any atom is -0.253 e. The Bertz CT molecular complexity index is 1050. The Kier molecular flexibility index (Phi) is 3.49. The summed E-state index contributed by atoms with van der Waals surface area (Å²) in [6.07, 6.45) is -3.00. The lowest BCUT2D eigenvalue weighted by Crippen LogP contribution is -2.05.